The number of hydrogen-bond acceptors (Lipinski definition) is 1. The van der Waals surface area contributed by atoms with E-state index in [-0.39, 0.29) is 12.0 Å². The lowest BCUT2D eigenvalue weighted by Gasteiger charge is -2.20. The minimum atomic E-state index is 0.0609. The molecule has 1 aromatic carbocycles. The van der Waals surface area contributed by atoms with E-state index in [4.69, 9.17) is 0 Å². The van der Waals surface area contributed by atoms with Crippen LogP contribution in [0.3, 0.4) is 0 Å². The van der Waals surface area contributed by atoms with Crippen LogP contribution < -0.4 is 0 Å². The first-order valence-corrected chi connectivity index (χ1v) is 7.32. The van der Waals surface area contributed by atoms with Gasteiger partial charge in [-0.15, -0.1) is 0 Å². The predicted molar refractivity (Wildman–Crippen MR) is 84.3 cm³/mol. The van der Waals surface area contributed by atoms with Crippen LogP contribution in [0.1, 0.15) is 64.0 Å². The Morgan fingerprint density at radius 3 is 2.63 bits per heavy atom. The summed E-state index contributed by atoms with van der Waals surface area (Å²) in [7, 11) is 0. The predicted octanol–water partition coefficient (Wildman–Crippen LogP) is 5.01. The summed E-state index contributed by atoms with van der Waals surface area (Å²) in [5.74, 6) is 0.582. The quantitative estimate of drug-likeness (QED) is 0.683. The standard InChI is InChI=1S/C18H28O/c1-15(2)17-11-8-10-16(13-17)9-6-5-7-12-18(3,4)14-19/h6,8-11,13,15,19H,5,7,12,14H2,1-4H3. The van der Waals surface area contributed by atoms with Crippen LogP contribution in [-0.2, 0) is 0 Å². The largest absolute Gasteiger partial charge is 0.396 e. The second-order valence-corrected chi connectivity index (χ2v) is 6.44. The zero-order valence-electron chi connectivity index (χ0n) is 12.8. The lowest BCUT2D eigenvalue weighted by molar-refractivity contribution is 0.148. The molecule has 0 heterocycles. The molecular formula is C18H28O. The summed E-state index contributed by atoms with van der Waals surface area (Å²) in [6.45, 7) is 8.94. The summed E-state index contributed by atoms with van der Waals surface area (Å²) < 4.78 is 0. The number of unbranched alkanes of at least 4 members (excludes halogenated alkanes) is 1. The van der Waals surface area contributed by atoms with Gasteiger partial charge in [0.25, 0.3) is 0 Å². The molecule has 0 saturated heterocycles. The summed E-state index contributed by atoms with van der Waals surface area (Å²) in [5, 5.41) is 9.19. The second kappa shape index (κ2) is 7.49. The number of rotatable bonds is 7. The van der Waals surface area contributed by atoms with Gasteiger partial charge in [0.15, 0.2) is 0 Å². The van der Waals surface area contributed by atoms with Gasteiger partial charge >= 0.3 is 0 Å². The molecule has 19 heavy (non-hydrogen) atoms. The molecule has 1 rings (SSSR count). The van der Waals surface area contributed by atoms with Crippen LogP contribution in [0.25, 0.3) is 6.08 Å². The molecule has 0 unspecified atom stereocenters. The van der Waals surface area contributed by atoms with Gasteiger partial charge in [0, 0.05) is 6.61 Å². The average molecular weight is 260 g/mol. The molecule has 0 bridgehead atoms. The summed E-state index contributed by atoms with van der Waals surface area (Å²) >= 11 is 0. The Morgan fingerprint density at radius 1 is 1.26 bits per heavy atom. The highest BCUT2D eigenvalue weighted by Gasteiger charge is 2.14. The van der Waals surface area contributed by atoms with E-state index in [0.717, 1.165) is 19.3 Å². The highest BCUT2D eigenvalue weighted by atomic mass is 16.3. The fraction of sp³-hybridized carbons (Fsp3) is 0.556. The molecule has 0 aliphatic carbocycles. The molecule has 0 amide bonds. The first-order valence-electron chi connectivity index (χ1n) is 7.32. The maximum atomic E-state index is 9.19. The number of hydrogen-bond donors (Lipinski definition) is 1. The van der Waals surface area contributed by atoms with Gasteiger partial charge in [-0.2, -0.15) is 0 Å². The molecule has 0 aliphatic rings. The van der Waals surface area contributed by atoms with Crippen molar-refractivity contribution in [2.75, 3.05) is 6.61 Å². The van der Waals surface area contributed by atoms with E-state index >= 15 is 0 Å². The molecule has 106 valence electrons. The van der Waals surface area contributed by atoms with Gasteiger partial charge in [-0.3, -0.25) is 0 Å². The minimum Gasteiger partial charge on any atom is -0.396 e. The zero-order chi connectivity index (χ0) is 14.3. The molecule has 0 atom stereocenters. The molecule has 1 nitrogen and oxygen atoms in total. The third-order valence-electron chi connectivity index (χ3n) is 3.54. The Kier molecular flexibility index (Phi) is 6.30. The minimum absolute atomic E-state index is 0.0609. The lowest BCUT2D eigenvalue weighted by Crippen LogP contribution is -2.15. The Balaban J connectivity index is 2.43. The van der Waals surface area contributed by atoms with Crippen molar-refractivity contribution in [2.24, 2.45) is 5.41 Å². The number of aliphatic hydroxyl groups excluding tert-OH is 1. The van der Waals surface area contributed by atoms with Crippen molar-refractivity contribution >= 4 is 6.08 Å². The van der Waals surface area contributed by atoms with Crippen LogP contribution in [0.5, 0.6) is 0 Å². The van der Waals surface area contributed by atoms with Gasteiger partial charge in [-0.05, 0) is 41.7 Å². The molecule has 1 heteroatoms. The molecule has 0 aliphatic heterocycles. The van der Waals surface area contributed by atoms with E-state index in [0.29, 0.717) is 5.92 Å². The highest BCUT2D eigenvalue weighted by Crippen LogP contribution is 2.22. The molecule has 0 saturated carbocycles. The Labute approximate surface area is 118 Å². The Morgan fingerprint density at radius 2 is 2.00 bits per heavy atom. The van der Waals surface area contributed by atoms with Crippen molar-refractivity contribution < 1.29 is 5.11 Å². The first-order chi connectivity index (χ1) is 8.94. The van der Waals surface area contributed by atoms with Crippen molar-refractivity contribution in [1.29, 1.82) is 0 Å². The van der Waals surface area contributed by atoms with Gasteiger partial charge in [0.1, 0.15) is 0 Å². The Hall–Kier alpha value is -1.08. The maximum absolute atomic E-state index is 9.19. The molecule has 0 fully saturated rings. The van der Waals surface area contributed by atoms with Gasteiger partial charge in [0.05, 0.1) is 0 Å². The van der Waals surface area contributed by atoms with Crippen LogP contribution in [-0.4, -0.2) is 11.7 Å². The summed E-state index contributed by atoms with van der Waals surface area (Å²) in [6, 6.07) is 8.73. The molecule has 1 N–H and O–H groups in total. The third kappa shape index (κ3) is 6.07. The third-order valence-corrected chi connectivity index (χ3v) is 3.54. The van der Waals surface area contributed by atoms with Crippen LogP contribution in [0.4, 0.5) is 0 Å². The van der Waals surface area contributed by atoms with Crippen LogP contribution >= 0.6 is 0 Å². The SMILES string of the molecule is CC(C)c1cccc(C=CCCCC(C)(C)CO)c1. The van der Waals surface area contributed by atoms with Crippen molar-refractivity contribution in [1.82, 2.24) is 0 Å². The number of benzene rings is 1. The first kappa shape index (κ1) is 16.0. The Bertz CT molecular complexity index is 402. The van der Waals surface area contributed by atoms with E-state index in [1.807, 2.05) is 0 Å². The van der Waals surface area contributed by atoms with Crippen molar-refractivity contribution in [2.45, 2.75) is 52.9 Å². The van der Waals surface area contributed by atoms with E-state index in [2.05, 4.69) is 64.1 Å². The summed E-state index contributed by atoms with van der Waals surface area (Å²) in [4.78, 5) is 0. The van der Waals surface area contributed by atoms with E-state index in [1.54, 1.807) is 0 Å². The smallest absolute Gasteiger partial charge is 0.0482 e. The second-order valence-electron chi connectivity index (χ2n) is 6.44. The van der Waals surface area contributed by atoms with Crippen LogP contribution in [0, 0.1) is 5.41 Å². The van der Waals surface area contributed by atoms with E-state index in [9.17, 15) is 5.11 Å². The molecule has 0 spiro atoms. The summed E-state index contributed by atoms with van der Waals surface area (Å²) in [5.41, 5.74) is 2.74. The molecule has 0 radical (unpaired) electrons. The van der Waals surface area contributed by atoms with E-state index in [1.165, 1.54) is 11.1 Å². The van der Waals surface area contributed by atoms with E-state index < -0.39 is 0 Å². The van der Waals surface area contributed by atoms with Gasteiger partial charge in [0.2, 0.25) is 0 Å². The fourth-order valence-electron chi connectivity index (χ4n) is 2.02. The van der Waals surface area contributed by atoms with Crippen molar-refractivity contribution in [3.63, 3.8) is 0 Å². The number of aliphatic hydroxyl groups is 1. The van der Waals surface area contributed by atoms with Gasteiger partial charge in [-0.1, -0.05) is 64.1 Å². The normalized spacial score (nSPS) is 12.5. The monoisotopic (exact) mass is 260 g/mol. The van der Waals surface area contributed by atoms with Crippen LogP contribution in [0.15, 0.2) is 30.3 Å². The zero-order valence-corrected chi connectivity index (χ0v) is 12.8. The lowest BCUT2D eigenvalue weighted by atomic mass is 9.88. The average Bonchev–Trinajstić information content (AvgIpc) is 2.38. The number of allylic oxidation sites excluding steroid dienone is 1. The molecular weight excluding hydrogens is 232 g/mol. The van der Waals surface area contributed by atoms with Crippen molar-refractivity contribution in [3.8, 4) is 0 Å². The van der Waals surface area contributed by atoms with Crippen molar-refractivity contribution in [3.05, 3.63) is 41.5 Å². The summed E-state index contributed by atoms with van der Waals surface area (Å²) in [6.07, 6.45) is 7.73. The molecule has 0 aromatic heterocycles. The fourth-order valence-corrected chi connectivity index (χ4v) is 2.02. The maximum Gasteiger partial charge on any atom is 0.0482 e. The topological polar surface area (TPSA) is 20.2 Å². The highest BCUT2D eigenvalue weighted by molar-refractivity contribution is 5.50. The van der Waals surface area contributed by atoms with Crippen LogP contribution in [0.2, 0.25) is 0 Å². The molecule has 1 aromatic rings. The van der Waals surface area contributed by atoms with Gasteiger partial charge in [-0.25, -0.2) is 0 Å². The van der Waals surface area contributed by atoms with Gasteiger partial charge < -0.3 is 5.11 Å².